The number of hydrogen-bond donors (Lipinski definition) is 1. The molecule has 0 aliphatic carbocycles. The van der Waals surface area contributed by atoms with Crippen molar-refractivity contribution in [2.45, 2.75) is 18.9 Å². The third-order valence-electron chi connectivity index (χ3n) is 5.54. The van der Waals surface area contributed by atoms with Crippen LogP contribution in [-0.2, 0) is 13.6 Å². The molecule has 0 amide bonds. The first-order valence-electron chi connectivity index (χ1n) is 8.57. The second kappa shape index (κ2) is 6.00. The zero-order valence-electron chi connectivity index (χ0n) is 14.1. The summed E-state index contributed by atoms with van der Waals surface area (Å²) in [4.78, 5) is 12.7. The summed E-state index contributed by atoms with van der Waals surface area (Å²) < 4.78 is 3.86. The number of aryl methyl sites for hydroxylation is 1. The molecule has 2 atom stereocenters. The number of fused-ring (bicyclic) bond motifs is 5. The van der Waals surface area contributed by atoms with Gasteiger partial charge in [-0.3, -0.25) is 9.48 Å². The van der Waals surface area contributed by atoms with Gasteiger partial charge in [0.15, 0.2) is 0 Å². The van der Waals surface area contributed by atoms with Crippen LogP contribution in [-0.4, -0.2) is 27.4 Å². The summed E-state index contributed by atoms with van der Waals surface area (Å²) in [6.45, 7) is 2.85. The fourth-order valence-corrected chi connectivity index (χ4v) is 4.31. The van der Waals surface area contributed by atoms with Crippen molar-refractivity contribution in [1.82, 2.24) is 19.7 Å². The number of benzene rings is 1. The van der Waals surface area contributed by atoms with Gasteiger partial charge in [-0.1, -0.05) is 6.07 Å². The van der Waals surface area contributed by atoms with Crippen LogP contribution in [0.4, 0.5) is 0 Å². The van der Waals surface area contributed by atoms with Gasteiger partial charge in [0.05, 0.1) is 11.7 Å². The lowest BCUT2D eigenvalue weighted by Gasteiger charge is -2.37. The molecule has 1 aromatic carbocycles. The maximum absolute atomic E-state index is 12.7. The Labute approximate surface area is 152 Å². The van der Waals surface area contributed by atoms with Crippen molar-refractivity contribution in [3.05, 3.63) is 52.6 Å². The van der Waals surface area contributed by atoms with Crippen LogP contribution in [0.5, 0.6) is 0 Å². The molecule has 25 heavy (non-hydrogen) atoms. The molecule has 1 N–H and O–H groups in total. The molecule has 4 heterocycles. The average molecular weight is 357 g/mol. The lowest BCUT2D eigenvalue weighted by Crippen LogP contribution is -2.44. The minimum Gasteiger partial charge on any atom is -0.316 e. The van der Waals surface area contributed by atoms with Crippen molar-refractivity contribution in [3.63, 3.8) is 0 Å². The molecule has 0 saturated carbocycles. The van der Waals surface area contributed by atoms with Crippen molar-refractivity contribution in [1.29, 1.82) is 0 Å². The molecular weight excluding hydrogens is 336 g/mol. The van der Waals surface area contributed by atoms with Crippen LogP contribution in [0.2, 0.25) is 0 Å². The molecule has 0 spiro atoms. The first kappa shape index (κ1) is 16.4. The summed E-state index contributed by atoms with van der Waals surface area (Å²) in [5, 5.41) is 8.91. The second-order valence-corrected chi connectivity index (χ2v) is 7.12. The summed E-state index contributed by atoms with van der Waals surface area (Å²) in [5.41, 5.74) is 4.52. The SMILES string of the molecule is Cl.Cn1ncc2cc(-c3cc4n(c(=O)c3)C[C@@H]3CNC[C@H]4C3)ccc21. The van der Waals surface area contributed by atoms with Gasteiger partial charge in [0.25, 0.3) is 5.56 Å². The molecule has 1 saturated heterocycles. The standard InChI is InChI=1S/C19H20N4O.ClH/c1-22-17-3-2-13(5-16(17)10-21-22)14-6-18-15-4-12(8-20-9-15)11-23(18)19(24)7-14;/h2-3,5-7,10,12,15,20H,4,8-9,11H2,1H3;1H/t12-,15+;/m0./s1. The fourth-order valence-electron chi connectivity index (χ4n) is 4.31. The lowest BCUT2D eigenvalue weighted by molar-refractivity contribution is 0.257. The van der Waals surface area contributed by atoms with Crippen LogP contribution in [0, 0.1) is 5.92 Å². The Morgan fingerprint density at radius 2 is 2.04 bits per heavy atom. The molecule has 2 aromatic heterocycles. The largest absolute Gasteiger partial charge is 0.316 e. The Kier molecular flexibility index (Phi) is 3.93. The number of nitrogens with one attached hydrogen (secondary N) is 1. The number of nitrogens with zero attached hydrogens (tertiary/aromatic N) is 3. The predicted molar refractivity (Wildman–Crippen MR) is 101 cm³/mol. The highest BCUT2D eigenvalue weighted by Crippen LogP contribution is 2.34. The normalized spacial score (nSPS) is 21.6. The molecule has 3 aromatic rings. The number of aromatic nitrogens is 3. The van der Waals surface area contributed by atoms with Crippen molar-refractivity contribution in [3.8, 4) is 11.1 Å². The third-order valence-corrected chi connectivity index (χ3v) is 5.54. The van der Waals surface area contributed by atoms with Gasteiger partial charge < -0.3 is 9.88 Å². The van der Waals surface area contributed by atoms with E-state index in [0.717, 1.165) is 41.7 Å². The summed E-state index contributed by atoms with van der Waals surface area (Å²) >= 11 is 0. The average Bonchev–Trinajstić information content (AvgIpc) is 2.97. The van der Waals surface area contributed by atoms with E-state index in [4.69, 9.17) is 0 Å². The summed E-state index contributed by atoms with van der Waals surface area (Å²) in [7, 11) is 1.94. The van der Waals surface area contributed by atoms with Crippen LogP contribution >= 0.6 is 12.4 Å². The minimum atomic E-state index is 0. The lowest BCUT2D eigenvalue weighted by atomic mass is 9.83. The summed E-state index contributed by atoms with van der Waals surface area (Å²) in [5.74, 6) is 1.04. The van der Waals surface area contributed by atoms with E-state index in [1.165, 1.54) is 12.1 Å². The highest BCUT2D eigenvalue weighted by molar-refractivity contribution is 5.85. The Bertz CT molecular complexity index is 1010. The maximum atomic E-state index is 12.7. The summed E-state index contributed by atoms with van der Waals surface area (Å²) in [6, 6.07) is 10.3. The van der Waals surface area contributed by atoms with E-state index < -0.39 is 0 Å². The first-order chi connectivity index (χ1) is 11.7. The van der Waals surface area contributed by atoms with Gasteiger partial charge in [-0.25, -0.2) is 0 Å². The molecule has 0 radical (unpaired) electrons. The molecule has 2 aliphatic rings. The zero-order chi connectivity index (χ0) is 16.3. The van der Waals surface area contributed by atoms with Crippen molar-refractivity contribution in [2.75, 3.05) is 13.1 Å². The molecule has 5 nitrogen and oxygen atoms in total. The van der Waals surface area contributed by atoms with Crippen molar-refractivity contribution < 1.29 is 0 Å². The van der Waals surface area contributed by atoms with E-state index in [1.807, 2.05) is 22.5 Å². The second-order valence-electron chi connectivity index (χ2n) is 7.12. The van der Waals surface area contributed by atoms with Crippen LogP contribution in [0.1, 0.15) is 18.0 Å². The number of pyridine rings is 1. The number of rotatable bonds is 1. The predicted octanol–water partition coefficient (Wildman–Crippen LogP) is 2.53. The monoisotopic (exact) mass is 356 g/mol. The Morgan fingerprint density at radius 1 is 1.16 bits per heavy atom. The zero-order valence-corrected chi connectivity index (χ0v) is 14.9. The number of hydrogen-bond acceptors (Lipinski definition) is 3. The van der Waals surface area contributed by atoms with Gasteiger partial charge in [-0.15, -0.1) is 12.4 Å². The van der Waals surface area contributed by atoms with E-state index in [-0.39, 0.29) is 18.0 Å². The van der Waals surface area contributed by atoms with E-state index in [9.17, 15) is 4.79 Å². The van der Waals surface area contributed by atoms with Gasteiger partial charge in [-0.2, -0.15) is 5.10 Å². The van der Waals surface area contributed by atoms with Gasteiger partial charge in [0, 0.05) is 43.2 Å². The van der Waals surface area contributed by atoms with Gasteiger partial charge in [-0.05, 0) is 48.2 Å². The van der Waals surface area contributed by atoms with Crippen LogP contribution in [0.25, 0.3) is 22.0 Å². The molecular formula is C19H21ClN4O. The van der Waals surface area contributed by atoms with Gasteiger partial charge >= 0.3 is 0 Å². The Balaban J connectivity index is 0.00000157. The molecule has 2 aliphatic heterocycles. The minimum absolute atomic E-state index is 0. The van der Waals surface area contributed by atoms with Crippen LogP contribution in [0.3, 0.4) is 0 Å². The topological polar surface area (TPSA) is 51.9 Å². The van der Waals surface area contributed by atoms with E-state index in [1.54, 1.807) is 6.07 Å². The van der Waals surface area contributed by atoms with Gasteiger partial charge in [0.2, 0.25) is 0 Å². The number of piperidine rings is 1. The van der Waals surface area contributed by atoms with Gasteiger partial charge in [0.1, 0.15) is 0 Å². The highest BCUT2D eigenvalue weighted by Gasteiger charge is 2.31. The quantitative estimate of drug-likeness (QED) is 0.729. The fraction of sp³-hybridized carbons (Fsp3) is 0.368. The summed E-state index contributed by atoms with van der Waals surface area (Å²) in [6.07, 6.45) is 3.07. The maximum Gasteiger partial charge on any atom is 0.251 e. The van der Waals surface area contributed by atoms with Crippen molar-refractivity contribution in [2.24, 2.45) is 13.0 Å². The Hall–Kier alpha value is -2.11. The third kappa shape index (κ3) is 2.58. The molecule has 0 unspecified atom stereocenters. The molecule has 5 rings (SSSR count). The molecule has 6 heteroatoms. The Morgan fingerprint density at radius 3 is 2.92 bits per heavy atom. The highest BCUT2D eigenvalue weighted by atomic mass is 35.5. The molecule has 2 bridgehead atoms. The smallest absolute Gasteiger partial charge is 0.251 e. The van der Waals surface area contributed by atoms with E-state index in [2.05, 4.69) is 34.7 Å². The van der Waals surface area contributed by atoms with Crippen LogP contribution < -0.4 is 10.9 Å². The van der Waals surface area contributed by atoms with Crippen molar-refractivity contribution >= 4 is 23.3 Å². The van der Waals surface area contributed by atoms with E-state index >= 15 is 0 Å². The number of halogens is 1. The van der Waals surface area contributed by atoms with E-state index in [0.29, 0.717) is 11.8 Å². The first-order valence-corrected chi connectivity index (χ1v) is 8.57. The molecule has 130 valence electrons. The van der Waals surface area contributed by atoms with Crippen LogP contribution in [0.15, 0.2) is 41.3 Å². The molecule has 1 fully saturated rings.